The van der Waals surface area contributed by atoms with Crippen molar-refractivity contribution < 1.29 is 14.4 Å². The monoisotopic (exact) mass is 422 g/mol. The number of aryl methyl sites for hydroxylation is 1. The van der Waals surface area contributed by atoms with E-state index < -0.39 is 6.03 Å². The molecule has 4 N–H and O–H groups in total. The quantitative estimate of drug-likeness (QED) is 0.532. The summed E-state index contributed by atoms with van der Waals surface area (Å²) < 4.78 is 0. The van der Waals surface area contributed by atoms with Gasteiger partial charge in [0.15, 0.2) is 0 Å². The SMILES string of the molecule is CC(=O)Nc1ccc(C)c(NC(=O)NCCNC(=O)c2ccc(Cl)c(Cl)c2)c1. The van der Waals surface area contributed by atoms with Gasteiger partial charge in [0.25, 0.3) is 5.91 Å². The van der Waals surface area contributed by atoms with Crippen LogP contribution in [-0.2, 0) is 4.79 Å². The topological polar surface area (TPSA) is 99.3 Å². The van der Waals surface area contributed by atoms with Crippen LogP contribution in [0.2, 0.25) is 10.0 Å². The third-order valence-corrected chi connectivity index (χ3v) is 4.42. The summed E-state index contributed by atoms with van der Waals surface area (Å²) in [4.78, 5) is 35.2. The third kappa shape index (κ3) is 6.44. The van der Waals surface area contributed by atoms with E-state index in [-0.39, 0.29) is 24.9 Å². The molecule has 0 spiro atoms. The fourth-order valence-corrected chi connectivity index (χ4v) is 2.59. The highest BCUT2D eigenvalue weighted by molar-refractivity contribution is 6.42. The second-order valence-electron chi connectivity index (χ2n) is 5.98. The molecule has 9 heteroatoms. The maximum Gasteiger partial charge on any atom is 0.319 e. The fraction of sp³-hybridized carbons (Fsp3) is 0.211. The summed E-state index contributed by atoms with van der Waals surface area (Å²) in [5, 5.41) is 11.4. The highest BCUT2D eigenvalue weighted by atomic mass is 35.5. The van der Waals surface area contributed by atoms with E-state index in [9.17, 15) is 14.4 Å². The molecule has 0 aromatic heterocycles. The van der Waals surface area contributed by atoms with Crippen LogP contribution in [-0.4, -0.2) is 30.9 Å². The van der Waals surface area contributed by atoms with Crippen molar-refractivity contribution in [1.82, 2.24) is 10.6 Å². The van der Waals surface area contributed by atoms with Crippen LogP contribution >= 0.6 is 23.2 Å². The van der Waals surface area contributed by atoms with Crippen LogP contribution in [0.1, 0.15) is 22.8 Å². The minimum atomic E-state index is -0.424. The molecule has 148 valence electrons. The first-order chi connectivity index (χ1) is 13.3. The van der Waals surface area contributed by atoms with Crippen molar-refractivity contribution >= 4 is 52.4 Å². The summed E-state index contributed by atoms with van der Waals surface area (Å²) in [5.74, 6) is -0.517. The Morgan fingerprint density at radius 2 is 1.61 bits per heavy atom. The number of amides is 4. The van der Waals surface area contributed by atoms with Crippen molar-refractivity contribution in [2.75, 3.05) is 23.7 Å². The molecule has 2 rings (SSSR count). The zero-order valence-corrected chi connectivity index (χ0v) is 16.9. The van der Waals surface area contributed by atoms with E-state index in [0.29, 0.717) is 27.0 Å². The summed E-state index contributed by atoms with van der Waals surface area (Å²) in [7, 11) is 0. The maximum absolute atomic E-state index is 12.0. The van der Waals surface area contributed by atoms with Crippen molar-refractivity contribution in [2.45, 2.75) is 13.8 Å². The van der Waals surface area contributed by atoms with Gasteiger partial charge in [-0.05, 0) is 42.8 Å². The van der Waals surface area contributed by atoms with E-state index in [1.165, 1.54) is 13.0 Å². The molecule has 0 saturated carbocycles. The van der Waals surface area contributed by atoms with Gasteiger partial charge in [0.2, 0.25) is 5.91 Å². The molecule has 0 aliphatic carbocycles. The Kier molecular flexibility index (Phi) is 7.66. The lowest BCUT2D eigenvalue weighted by Gasteiger charge is -2.12. The summed E-state index contributed by atoms with van der Waals surface area (Å²) >= 11 is 11.7. The first-order valence-electron chi connectivity index (χ1n) is 8.42. The maximum atomic E-state index is 12.0. The van der Waals surface area contributed by atoms with Crippen LogP contribution in [0.4, 0.5) is 16.2 Å². The minimum absolute atomic E-state index is 0.197. The predicted molar refractivity (Wildman–Crippen MR) is 111 cm³/mol. The standard InChI is InChI=1S/C19H20Cl2N4O3/c1-11-3-5-14(24-12(2)26)10-17(11)25-19(28)23-8-7-22-18(27)13-4-6-15(20)16(21)9-13/h3-6,9-10H,7-8H2,1-2H3,(H,22,27)(H,24,26)(H2,23,25,28). The number of halogens is 2. The molecule has 0 saturated heterocycles. The van der Waals surface area contributed by atoms with Gasteiger partial charge in [-0.2, -0.15) is 0 Å². The number of hydrogen-bond acceptors (Lipinski definition) is 3. The Hall–Kier alpha value is -2.77. The summed E-state index contributed by atoms with van der Waals surface area (Å²) in [6, 6.07) is 9.37. The first kappa shape index (κ1) is 21.5. The molecule has 0 bridgehead atoms. The zero-order chi connectivity index (χ0) is 20.7. The Balaban J connectivity index is 1.80. The van der Waals surface area contributed by atoms with Gasteiger partial charge in [-0.25, -0.2) is 4.79 Å². The van der Waals surface area contributed by atoms with Crippen LogP contribution in [0, 0.1) is 6.92 Å². The number of anilines is 2. The number of urea groups is 1. The largest absolute Gasteiger partial charge is 0.350 e. The molecule has 4 amide bonds. The molecule has 2 aromatic rings. The van der Waals surface area contributed by atoms with E-state index in [0.717, 1.165) is 5.56 Å². The number of carbonyl (C=O) groups excluding carboxylic acids is 3. The molecule has 0 aliphatic rings. The molecule has 0 heterocycles. The van der Waals surface area contributed by atoms with E-state index in [1.54, 1.807) is 30.3 Å². The highest BCUT2D eigenvalue weighted by Crippen LogP contribution is 2.22. The average Bonchev–Trinajstić information content (AvgIpc) is 2.63. The van der Waals surface area contributed by atoms with E-state index >= 15 is 0 Å². The van der Waals surface area contributed by atoms with E-state index in [2.05, 4.69) is 21.3 Å². The van der Waals surface area contributed by atoms with Crippen molar-refractivity contribution in [2.24, 2.45) is 0 Å². The lowest BCUT2D eigenvalue weighted by Crippen LogP contribution is -2.36. The number of hydrogen-bond donors (Lipinski definition) is 4. The smallest absolute Gasteiger partial charge is 0.319 e. The van der Waals surface area contributed by atoms with Crippen LogP contribution in [0.3, 0.4) is 0 Å². The summed E-state index contributed by atoms with van der Waals surface area (Å²) in [6.45, 7) is 3.71. The second kappa shape index (κ2) is 9.96. The van der Waals surface area contributed by atoms with Crippen molar-refractivity contribution in [3.05, 3.63) is 57.6 Å². The Morgan fingerprint density at radius 3 is 2.29 bits per heavy atom. The summed E-state index contributed by atoms with van der Waals surface area (Å²) in [5.41, 5.74) is 2.38. The number of carbonyl (C=O) groups is 3. The Morgan fingerprint density at radius 1 is 0.893 bits per heavy atom. The van der Waals surface area contributed by atoms with E-state index in [1.807, 2.05) is 6.92 Å². The van der Waals surface area contributed by atoms with Crippen molar-refractivity contribution in [1.29, 1.82) is 0 Å². The molecule has 28 heavy (non-hydrogen) atoms. The van der Waals surface area contributed by atoms with Crippen LogP contribution in [0.25, 0.3) is 0 Å². The number of nitrogens with one attached hydrogen (secondary N) is 4. The number of rotatable bonds is 6. The molecule has 0 unspecified atom stereocenters. The molecular formula is C19H20Cl2N4O3. The van der Waals surface area contributed by atoms with Gasteiger partial charge in [-0.3, -0.25) is 9.59 Å². The molecule has 0 fully saturated rings. The van der Waals surface area contributed by atoms with Gasteiger partial charge < -0.3 is 21.3 Å². The Labute approximate surface area is 172 Å². The fourth-order valence-electron chi connectivity index (χ4n) is 2.30. The second-order valence-corrected chi connectivity index (χ2v) is 6.79. The third-order valence-electron chi connectivity index (χ3n) is 3.68. The summed E-state index contributed by atoms with van der Waals surface area (Å²) in [6.07, 6.45) is 0. The zero-order valence-electron chi connectivity index (χ0n) is 15.4. The molecule has 7 nitrogen and oxygen atoms in total. The van der Waals surface area contributed by atoms with Crippen LogP contribution in [0.5, 0.6) is 0 Å². The lowest BCUT2D eigenvalue weighted by molar-refractivity contribution is -0.114. The van der Waals surface area contributed by atoms with Gasteiger partial charge in [0.05, 0.1) is 10.0 Å². The first-order valence-corrected chi connectivity index (χ1v) is 9.18. The minimum Gasteiger partial charge on any atom is -0.350 e. The number of benzene rings is 2. The lowest BCUT2D eigenvalue weighted by atomic mass is 10.2. The molecule has 0 aliphatic heterocycles. The van der Waals surface area contributed by atoms with E-state index in [4.69, 9.17) is 23.2 Å². The molecule has 0 radical (unpaired) electrons. The predicted octanol–water partition coefficient (Wildman–Crippen LogP) is 3.81. The molecular weight excluding hydrogens is 403 g/mol. The highest BCUT2D eigenvalue weighted by Gasteiger charge is 2.09. The van der Waals surface area contributed by atoms with Crippen molar-refractivity contribution in [3.8, 4) is 0 Å². The van der Waals surface area contributed by atoms with Gasteiger partial charge in [-0.15, -0.1) is 0 Å². The van der Waals surface area contributed by atoms with Crippen LogP contribution in [0.15, 0.2) is 36.4 Å². The normalized spacial score (nSPS) is 10.1. The molecule has 0 atom stereocenters. The Bertz CT molecular complexity index is 903. The average molecular weight is 423 g/mol. The van der Waals surface area contributed by atoms with Gasteiger partial charge in [-0.1, -0.05) is 29.3 Å². The molecule has 2 aromatic carbocycles. The van der Waals surface area contributed by atoms with Crippen molar-refractivity contribution in [3.63, 3.8) is 0 Å². The van der Waals surface area contributed by atoms with Gasteiger partial charge in [0, 0.05) is 37.0 Å². The van der Waals surface area contributed by atoms with Gasteiger partial charge >= 0.3 is 6.03 Å². The van der Waals surface area contributed by atoms with Gasteiger partial charge in [0.1, 0.15) is 0 Å². The van der Waals surface area contributed by atoms with Crippen LogP contribution < -0.4 is 21.3 Å².